The summed E-state index contributed by atoms with van der Waals surface area (Å²) in [5.74, 6) is -0.370. The number of carbonyl (C=O) groups excluding carboxylic acids is 1. The van der Waals surface area contributed by atoms with Gasteiger partial charge in [0.05, 0.1) is 0 Å². The van der Waals surface area contributed by atoms with Gasteiger partial charge in [0.25, 0.3) is 0 Å². The lowest BCUT2D eigenvalue weighted by molar-refractivity contribution is 0.0982. The highest BCUT2D eigenvalue weighted by Gasteiger charge is 2.11. The summed E-state index contributed by atoms with van der Waals surface area (Å²) in [6.07, 6.45) is 3.17. The van der Waals surface area contributed by atoms with Crippen LogP contribution in [0.2, 0.25) is 0 Å². The van der Waals surface area contributed by atoms with Crippen LogP contribution in [-0.2, 0) is 6.42 Å². The van der Waals surface area contributed by atoms with Crippen molar-refractivity contribution >= 4 is 21.7 Å². The molecule has 0 atom stereocenters. The summed E-state index contributed by atoms with van der Waals surface area (Å²) in [6.45, 7) is 0. The Morgan fingerprint density at radius 1 is 1.29 bits per heavy atom. The maximum Gasteiger partial charge on any atom is 0.204 e. The number of benzene rings is 1. The van der Waals surface area contributed by atoms with Crippen molar-refractivity contribution in [3.8, 4) is 0 Å². The Hall–Kier alpha value is -1.62. The number of aromatic nitrogens is 2. The fourth-order valence-corrected chi connectivity index (χ4v) is 1.85. The van der Waals surface area contributed by atoms with Gasteiger partial charge in [0.2, 0.25) is 5.78 Å². The van der Waals surface area contributed by atoms with Gasteiger partial charge in [0, 0.05) is 23.3 Å². The zero-order chi connectivity index (χ0) is 12.3. The van der Waals surface area contributed by atoms with Gasteiger partial charge in [-0.05, 0) is 23.8 Å². The standard InChI is InChI=1S/C12H8BrFN2O/c13-10-7-9(14)3-2-8(10)6-11(17)12-15-4-1-5-16-12/h1-5,7H,6H2. The lowest BCUT2D eigenvalue weighted by Crippen LogP contribution is -2.08. The molecule has 0 aliphatic rings. The summed E-state index contributed by atoms with van der Waals surface area (Å²) < 4.78 is 13.4. The summed E-state index contributed by atoms with van der Waals surface area (Å²) >= 11 is 3.22. The van der Waals surface area contributed by atoms with E-state index in [-0.39, 0.29) is 23.8 Å². The molecule has 0 spiro atoms. The van der Waals surface area contributed by atoms with Crippen LogP contribution in [0, 0.1) is 5.82 Å². The molecule has 3 nitrogen and oxygen atoms in total. The number of carbonyl (C=O) groups is 1. The average Bonchev–Trinajstić information content (AvgIpc) is 2.34. The molecule has 17 heavy (non-hydrogen) atoms. The van der Waals surface area contributed by atoms with E-state index in [4.69, 9.17) is 0 Å². The largest absolute Gasteiger partial charge is 0.290 e. The van der Waals surface area contributed by atoms with Crippen LogP contribution in [0.4, 0.5) is 4.39 Å². The third-order valence-corrected chi connectivity index (χ3v) is 2.92. The van der Waals surface area contributed by atoms with Crippen LogP contribution in [0.5, 0.6) is 0 Å². The fraction of sp³-hybridized carbons (Fsp3) is 0.0833. The molecule has 0 unspecified atom stereocenters. The van der Waals surface area contributed by atoms with Gasteiger partial charge < -0.3 is 0 Å². The predicted molar refractivity (Wildman–Crippen MR) is 64.2 cm³/mol. The molecule has 0 saturated carbocycles. The molecule has 86 valence electrons. The van der Waals surface area contributed by atoms with Crippen LogP contribution < -0.4 is 0 Å². The number of nitrogens with zero attached hydrogens (tertiary/aromatic N) is 2. The van der Waals surface area contributed by atoms with Crippen molar-refractivity contribution in [2.24, 2.45) is 0 Å². The van der Waals surface area contributed by atoms with E-state index in [1.807, 2.05) is 0 Å². The molecule has 0 saturated heterocycles. The topological polar surface area (TPSA) is 42.9 Å². The molecule has 0 fully saturated rings. The molecule has 0 radical (unpaired) electrons. The van der Waals surface area contributed by atoms with E-state index in [0.29, 0.717) is 10.0 Å². The Bertz CT molecular complexity index is 545. The number of rotatable bonds is 3. The first kappa shape index (κ1) is 11.9. The quantitative estimate of drug-likeness (QED) is 0.818. The number of Topliss-reactive ketones (excluding diaryl/α,β-unsaturated/α-hetero) is 1. The van der Waals surface area contributed by atoms with Crippen molar-refractivity contribution < 1.29 is 9.18 Å². The average molecular weight is 295 g/mol. The van der Waals surface area contributed by atoms with E-state index in [1.165, 1.54) is 24.5 Å². The van der Waals surface area contributed by atoms with E-state index >= 15 is 0 Å². The van der Waals surface area contributed by atoms with Gasteiger partial charge >= 0.3 is 0 Å². The van der Waals surface area contributed by atoms with Gasteiger partial charge in [-0.25, -0.2) is 14.4 Å². The van der Waals surface area contributed by atoms with Gasteiger partial charge in [0.15, 0.2) is 5.82 Å². The minimum Gasteiger partial charge on any atom is -0.290 e. The van der Waals surface area contributed by atoms with Crippen LogP contribution in [0.25, 0.3) is 0 Å². The van der Waals surface area contributed by atoms with Gasteiger partial charge in [-0.3, -0.25) is 4.79 Å². The maximum absolute atomic E-state index is 12.9. The second-order valence-corrected chi connectivity index (χ2v) is 4.26. The third kappa shape index (κ3) is 2.94. The summed E-state index contributed by atoms with van der Waals surface area (Å²) in [6, 6.07) is 5.86. The summed E-state index contributed by atoms with van der Waals surface area (Å²) in [7, 11) is 0. The Morgan fingerprint density at radius 3 is 2.65 bits per heavy atom. The predicted octanol–water partition coefficient (Wildman–Crippen LogP) is 2.80. The third-order valence-electron chi connectivity index (χ3n) is 2.18. The second-order valence-electron chi connectivity index (χ2n) is 3.41. The zero-order valence-electron chi connectivity index (χ0n) is 8.73. The molecule has 0 aliphatic carbocycles. The molecule has 1 heterocycles. The highest BCUT2D eigenvalue weighted by Crippen LogP contribution is 2.19. The van der Waals surface area contributed by atoms with Crippen molar-refractivity contribution in [3.05, 3.63) is 58.3 Å². The van der Waals surface area contributed by atoms with Crippen molar-refractivity contribution in [1.29, 1.82) is 0 Å². The van der Waals surface area contributed by atoms with E-state index in [1.54, 1.807) is 12.1 Å². The van der Waals surface area contributed by atoms with E-state index in [0.717, 1.165) is 0 Å². The van der Waals surface area contributed by atoms with Gasteiger partial charge in [-0.1, -0.05) is 22.0 Å². The first-order chi connectivity index (χ1) is 8.16. The fourth-order valence-electron chi connectivity index (χ4n) is 1.36. The Morgan fingerprint density at radius 2 is 2.00 bits per heavy atom. The monoisotopic (exact) mass is 294 g/mol. The van der Waals surface area contributed by atoms with Crippen LogP contribution in [0.15, 0.2) is 41.1 Å². The first-order valence-electron chi connectivity index (χ1n) is 4.91. The Balaban J connectivity index is 2.19. The van der Waals surface area contributed by atoms with Crippen molar-refractivity contribution in [3.63, 3.8) is 0 Å². The van der Waals surface area contributed by atoms with Gasteiger partial charge in [-0.2, -0.15) is 0 Å². The normalized spacial score (nSPS) is 10.2. The minimum atomic E-state index is -0.343. The molecule has 1 aromatic carbocycles. The summed E-state index contributed by atoms with van der Waals surface area (Å²) in [5, 5.41) is 0. The van der Waals surface area contributed by atoms with E-state index in [2.05, 4.69) is 25.9 Å². The van der Waals surface area contributed by atoms with Crippen LogP contribution in [-0.4, -0.2) is 15.8 Å². The second kappa shape index (κ2) is 5.14. The van der Waals surface area contributed by atoms with Crippen molar-refractivity contribution in [1.82, 2.24) is 9.97 Å². The molecule has 5 heteroatoms. The number of hydrogen-bond donors (Lipinski definition) is 0. The molecule has 0 N–H and O–H groups in total. The van der Waals surface area contributed by atoms with Crippen molar-refractivity contribution in [2.45, 2.75) is 6.42 Å². The number of ketones is 1. The van der Waals surface area contributed by atoms with Crippen LogP contribution in [0.1, 0.15) is 16.2 Å². The maximum atomic E-state index is 12.9. The Kier molecular flexibility index (Phi) is 3.58. The lowest BCUT2D eigenvalue weighted by atomic mass is 10.1. The molecule has 0 amide bonds. The highest BCUT2D eigenvalue weighted by molar-refractivity contribution is 9.10. The molecule has 1 aromatic heterocycles. The van der Waals surface area contributed by atoms with Crippen LogP contribution in [0.3, 0.4) is 0 Å². The smallest absolute Gasteiger partial charge is 0.204 e. The minimum absolute atomic E-state index is 0.144. The molecule has 2 rings (SSSR count). The highest BCUT2D eigenvalue weighted by atomic mass is 79.9. The Labute approximate surface area is 106 Å². The van der Waals surface area contributed by atoms with E-state index in [9.17, 15) is 9.18 Å². The number of halogens is 2. The lowest BCUT2D eigenvalue weighted by Gasteiger charge is -2.03. The van der Waals surface area contributed by atoms with Gasteiger partial charge in [0.1, 0.15) is 5.82 Å². The number of hydrogen-bond acceptors (Lipinski definition) is 3. The molecular weight excluding hydrogens is 287 g/mol. The summed E-state index contributed by atoms with van der Waals surface area (Å²) in [4.78, 5) is 19.6. The first-order valence-corrected chi connectivity index (χ1v) is 5.70. The van der Waals surface area contributed by atoms with Gasteiger partial charge in [-0.15, -0.1) is 0 Å². The van der Waals surface area contributed by atoms with Crippen molar-refractivity contribution in [2.75, 3.05) is 0 Å². The SMILES string of the molecule is O=C(Cc1ccc(F)cc1Br)c1ncccn1. The molecular formula is C12H8BrFN2O. The molecule has 0 aliphatic heterocycles. The molecule has 2 aromatic rings. The van der Waals surface area contributed by atoms with E-state index < -0.39 is 0 Å². The van der Waals surface area contributed by atoms with Crippen LogP contribution >= 0.6 is 15.9 Å². The zero-order valence-corrected chi connectivity index (χ0v) is 10.3. The summed E-state index contributed by atoms with van der Waals surface area (Å²) in [5.41, 5.74) is 0.712. The molecule has 0 bridgehead atoms.